The van der Waals surface area contributed by atoms with Crippen LogP contribution < -0.4 is 9.47 Å². The van der Waals surface area contributed by atoms with Crippen molar-refractivity contribution in [2.24, 2.45) is 0 Å². The molecule has 0 N–H and O–H groups in total. The molecule has 1 amide bonds. The monoisotopic (exact) mass is 578 g/mol. The first-order valence-corrected chi connectivity index (χ1v) is 13.1. The van der Waals surface area contributed by atoms with Gasteiger partial charge in [-0.25, -0.2) is 9.07 Å². The number of benzene rings is 3. The number of hydrogen-bond donors (Lipinski definition) is 0. The number of aromatic nitrogens is 2. The van der Waals surface area contributed by atoms with Crippen LogP contribution in [-0.4, -0.2) is 40.3 Å². The van der Waals surface area contributed by atoms with E-state index in [0.29, 0.717) is 55.2 Å². The van der Waals surface area contributed by atoms with Crippen LogP contribution in [0.2, 0.25) is 10.0 Å². The van der Waals surface area contributed by atoms with Gasteiger partial charge in [-0.2, -0.15) is 10.4 Å². The number of nitriles is 1. The van der Waals surface area contributed by atoms with Gasteiger partial charge in [0.25, 0.3) is 5.91 Å². The van der Waals surface area contributed by atoms with Gasteiger partial charge in [0.15, 0.2) is 5.69 Å². The lowest BCUT2D eigenvalue weighted by atomic mass is 9.93. The molecule has 204 valence electrons. The van der Waals surface area contributed by atoms with Crippen LogP contribution in [0.3, 0.4) is 0 Å². The van der Waals surface area contributed by atoms with Gasteiger partial charge < -0.3 is 14.4 Å². The topological polar surface area (TPSA) is 80.4 Å². The highest BCUT2D eigenvalue weighted by atomic mass is 35.5. The Hall–Kier alpha value is -4.06. The Morgan fingerprint density at radius 1 is 1.12 bits per heavy atom. The van der Waals surface area contributed by atoms with E-state index in [9.17, 15) is 14.4 Å². The van der Waals surface area contributed by atoms with Gasteiger partial charge in [-0.15, -0.1) is 0 Å². The van der Waals surface area contributed by atoms with E-state index in [1.807, 2.05) is 26.8 Å². The average Bonchev–Trinajstić information content (AvgIpc) is 3.30. The molecule has 0 unspecified atom stereocenters. The van der Waals surface area contributed by atoms with Crippen LogP contribution in [-0.2, 0) is 6.61 Å². The van der Waals surface area contributed by atoms with Gasteiger partial charge in [-0.05, 0) is 51.1 Å². The highest BCUT2D eigenvalue weighted by molar-refractivity contribution is 6.34. The zero-order valence-corrected chi connectivity index (χ0v) is 24.0. The Labute approximate surface area is 241 Å². The second-order valence-corrected chi connectivity index (χ2v) is 11.2. The summed E-state index contributed by atoms with van der Waals surface area (Å²) in [6.45, 7) is 5.87. The van der Waals surface area contributed by atoms with Gasteiger partial charge in [-0.3, -0.25) is 4.79 Å². The van der Waals surface area contributed by atoms with Gasteiger partial charge in [-0.1, -0.05) is 35.3 Å². The van der Waals surface area contributed by atoms with Crippen molar-refractivity contribution in [1.29, 1.82) is 5.26 Å². The van der Waals surface area contributed by atoms with Crippen molar-refractivity contribution >= 4 is 29.1 Å². The smallest absolute Gasteiger partial charge is 0.274 e. The number of rotatable bonds is 4. The maximum Gasteiger partial charge on any atom is 0.274 e. The molecule has 3 aromatic carbocycles. The van der Waals surface area contributed by atoms with Gasteiger partial charge in [0.2, 0.25) is 0 Å². The van der Waals surface area contributed by atoms with Crippen LogP contribution in [0.15, 0.2) is 48.5 Å². The molecule has 40 heavy (non-hydrogen) atoms. The molecule has 0 spiro atoms. The molecule has 4 aromatic rings. The molecule has 0 saturated carbocycles. The van der Waals surface area contributed by atoms with Crippen molar-refractivity contribution in [2.75, 3.05) is 14.2 Å². The number of fused-ring (bicyclic) bond motifs is 3. The van der Waals surface area contributed by atoms with E-state index >= 15 is 0 Å². The largest absolute Gasteiger partial charge is 0.496 e. The molecular formula is C30H25Cl2FN4O3. The fourth-order valence-corrected chi connectivity index (χ4v) is 5.12. The standard InChI is InChI=1S/C30H25Cl2FN4O3/c1-30(2,3)36(4)29(38)27-23-15-40-26-13-25(39-5)20(19-7-6-8-24(33)22(19)14-34)12-21(26)28(23)37(35-27)18-10-16(31)9-17(32)11-18/h6-13H,15H2,1-5H3. The first-order valence-electron chi connectivity index (χ1n) is 12.3. The Balaban J connectivity index is 1.83. The molecule has 1 aliphatic rings. The van der Waals surface area contributed by atoms with Crippen LogP contribution in [0.5, 0.6) is 11.5 Å². The zero-order valence-electron chi connectivity index (χ0n) is 22.5. The number of carbonyl (C=O) groups excluding carboxylic acids is 1. The highest BCUT2D eigenvalue weighted by Gasteiger charge is 2.35. The molecule has 1 aliphatic heterocycles. The van der Waals surface area contributed by atoms with Crippen LogP contribution in [0.4, 0.5) is 4.39 Å². The molecule has 5 rings (SSSR count). The number of methoxy groups -OCH3 is 1. The molecular weight excluding hydrogens is 554 g/mol. The minimum Gasteiger partial charge on any atom is -0.496 e. The Morgan fingerprint density at radius 2 is 1.82 bits per heavy atom. The van der Waals surface area contributed by atoms with Crippen molar-refractivity contribution in [1.82, 2.24) is 14.7 Å². The minimum atomic E-state index is -0.645. The quantitative estimate of drug-likeness (QED) is 0.254. The van der Waals surface area contributed by atoms with E-state index in [-0.39, 0.29) is 23.8 Å². The molecule has 0 radical (unpaired) electrons. The van der Waals surface area contributed by atoms with E-state index in [1.54, 1.807) is 53.0 Å². The summed E-state index contributed by atoms with van der Waals surface area (Å²) in [5.74, 6) is -0.0628. The van der Waals surface area contributed by atoms with E-state index in [4.69, 9.17) is 37.8 Å². The van der Waals surface area contributed by atoms with Gasteiger partial charge in [0, 0.05) is 51.0 Å². The molecule has 0 bridgehead atoms. The van der Waals surface area contributed by atoms with Gasteiger partial charge >= 0.3 is 0 Å². The van der Waals surface area contributed by atoms with Gasteiger partial charge in [0.1, 0.15) is 30.0 Å². The maximum atomic E-state index is 14.6. The van der Waals surface area contributed by atoms with Crippen LogP contribution in [0.25, 0.3) is 28.1 Å². The average molecular weight is 579 g/mol. The first kappa shape index (κ1) is 27.5. The van der Waals surface area contributed by atoms with Crippen LogP contribution in [0.1, 0.15) is 42.4 Å². The summed E-state index contributed by atoms with van der Waals surface area (Å²) in [6.07, 6.45) is 0. The second kappa shape index (κ2) is 10.2. The minimum absolute atomic E-state index is 0.0710. The lowest BCUT2D eigenvalue weighted by Crippen LogP contribution is -2.43. The molecule has 1 aromatic heterocycles. The molecule has 2 heterocycles. The lowest BCUT2D eigenvalue weighted by Gasteiger charge is -2.31. The highest BCUT2D eigenvalue weighted by Crippen LogP contribution is 2.47. The van der Waals surface area contributed by atoms with E-state index in [0.717, 1.165) is 0 Å². The van der Waals surface area contributed by atoms with Crippen molar-refractivity contribution in [3.8, 4) is 45.6 Å². The van der Waals surface area contributed by atoms with Crippen molar-refractivity contribution < 1.29 is 18.7 Å². The molecule has 0 saturated heterocycles. The maximum absolute atomic E-state index is 14.6. The lowest BCUT2D eigenvalue weighted by molar-refractivity contribution is 0.0646. The third-order valence-corrected chi connectivity index (χ3v) is 7.37. The van der Waals surface area contributed by atoms with E-state index < -0.39 is 11.4 Å². The summed E-state index contributed by atoms with van der Waals surface area (Å²) in [5, 5.41) is 15.3. The SMILES string of the molecule is COc1cc2c(cc1-c1cccc(F)c1C#N)-c1c(c(C(=O)N(C)C(C)(C)C)nn1-c1cc(Cl)cc(Cl)c1)CO2. The number of hydrogen-bond acceptors (Lipinski definition) is 5. The predicted octanol–water partition coefficient (Wildman–Crippen LogP) is 7.30. The summed E-state index contributed by atoms with van der Waals surface area (Å²) < 4.78 is 28.0. The Kier molecular flexibility index (Phi) is 6.99. The first-order chi connectivity index (χ1) is 18.9. The van der Waals surface area contributed by atoms with E-state index in [1.165, 1.54) is 19.2 Å². The fraction of sp³-hybridized carbons (Fsp3) is 0.233. The molecule has 7 nitrogen and oxygen atoms in total. The summed E-state index contributed by atoms with van der Waals surface area (Å²) in [7, 11) is 3.21. The number of carbonyl (C=O) groups is 1. The molecule has 0 fully saturated rings. The van der Waals surface area contributed by atoms with Gasteiger partial charge in [0.05, 0.1) is 24.1 Å². The predicted molar refractivity (Wildman–Crippen MR) is 152 cm³/mol. The number of ether oxygens (including phenoxy) is 2. The summed E-state index contributed by atoms with van der Waals surface area (Å²) in [5.41, 5.74) is 2.74. The summed E-state index contributed by atoms with van der Waals surface area (Å²) >= 11 is 12.7. The van der Waals surface area contributed by atoms with Crippen LogP contribution in [0, 0.1) is 17.1 Å². The van der Waals surface area contributed by atoms with Crippen molar-refractivity contribution in [3.05, 3.63) is 81.2 Å². The summed E-state index contributed by atoms with van der Waals surface area (Å²) in [6, 6.07) is 14.8. The van der Waals surface area contributed by atoms with Crippen molar-refractivity contribution in [2.45, 2.75) is 32.9 Å². The van der Waals surface area contributed by atoms with Crippen LogP contribution >= 0.6 is 23.2 Å². The van der Waals surface area contributed by atoms with E-state index in [2.05, 4.69) is 0 Å². The third kappa shape index (κ3) is 4.66. The molecule has 0 atom stereocenters. The normalized spacial score (nSPS) is 12.2. The molecule has 0 aliphatic carbocycles. The molecule has 10 heteroatoms. The second-order valence-electron chi connectivity index (χ2n) is 10.4. The number of nitrogens with zero attached hydrogens (tertiary/aromatic N) is 4. The number of amides is 1. The van der Waals surface area contributed by atoms with Crippen molar-refractivity contribution in [3.63, 3.8) is 0 Å². The zero-order chi connectivity index (χ0) is 28.9. The Bertz CT molecular complexity index is 1700. The fourth-order valence-electron chi connectivity index (χ4n) is 4.60. The third-order valence-electron chi connectivity index (χ3n) is 6.93. The number of halogens is 3. The summed E-state index contributed by atoms with van der Waals surface area (Å²) in [4.78, 5) is 15.3. The Morgan fingerprint density at radius 3 is 2.45 bits per heavy atom.